The van der Waals surface area contributed by atoms with Gasteiger partial charge in [-0.3, -0.25) is 14.5 Å². The summed E-state index contributed by atoms with van der Waals surface area (Å²) in [5, 5.41) is 0. The molecule has 8 nitrogen and oxygen atoms in total. The first-order valence-corrected chi connectivity index (χ1v) is 10.6. The molecule has 0 unspecified atom stereocenters. The van der Waals surface area contributed by atoms with Crippen LogP contribution in [0, 0.1) is 0 Å². The van der Waals surface area contributed by atoms with Gasteiger partial charge >= 0.3 is 0 Å². The lowest BCUT2D eigenvalue weighted by molar-refractivity contribution is -0.137. The van der Waals surface area contributed by atoms with Crippen LogP contribution < -0.4 is 9.47 Å². The molecule has 3 heterocycles. The third-order valence-corrected chi connectivity index (χ3v) is 5.60. The van der Waals surface area contributed by atoms with Crippen LogP contribution >= 0.6 is 0 Å². The highest BCUT2D eigenvalue weighted by molar-refractivity contribution is 5.92. The Labute approximate surface area is 177 Å². The number of amides is 2. The summed E-state index contributed by atoms with van der Waals surface area (Å²) in [7, 11) is 0. The van der Waals surface area contributed by atoms with Crippen LogP contribution in [0.4, 0.5) is 0 Å². The maximum Gasteiger partial charge on any atom is 0.246 e. The molecule has 0 spiro atoms. The van der Waals surface area contributed by atoms with E-state index in [1.54, 1.807) is 6.08 Å². The fourth-order valence-corrected chi connectivity index (χ4v) is 3.79. The van der Waals surface area contributed by atoms with Crippen LogP contribution in [0.5, 0.6) is 11.5 Å². The smallest absolute Gasteiger partial charge is 0.246 e. The van der Waals surface area contributed by atoms with Gasteiger partial charge in [0.05, 0.1) is 33.0 Å². The Morgan fingerprint density at radius 2 is 1.60 bits per heavy atom. The molecule has 1 aromatic rings. The first-order valence-electron chi connectivity index (χ1n) is 10.6. The lowest BCUT2D eigenvalue weighted by Crippen LogP contribution is -2.52. The van der Waals surface area contributed by atoms with E-state index < -0.39 is 0 Å². The summed E-state index contributed by atoms with van der Waals surface area (Å²) in [4.78, 5) is 30.8. The zero-order chi connectivity index (χ0) is 20.8. The Balaban J connectivity index is 1.25. The van der Waals surface area contributed by atoms with Crippen molar-refractivity contribution in [2.45, 2.75) is 6.42 Å². The first-order chi connectivity index (χ1) is 14.7. The number of carbonyl (C=O) groups is 2. The minimum absolute atomic E-state index is 0.0127. The molecule has 4 rings (SSSR count). The number of benzene rings is 1. The lowest BCUT2D eigenvalue weighted by atomic mass is 10.2. The average Bonchev–Trinajstić information content (AvgIpc) is 3.03. The fraction of sp³-hybridized carbons (Fsp3) is 0.545. The van der Waals surface area contributed by atoms with Gasteiger partial charge in [-0.15, -0.1) is 0 Å². The third kappa shape index (κ3) is 5.31. The molecule has 0 atom stereocenters. The molecule has 0 saturated carbocycles. The SMILES string of the molecule is O=C(/C=C/c1ccc2c(c1)OCCCO2)N1CCN(CC(=O)N2CCOCC2)CC1. The fourth-order valence-electron chi connectivity index (χ4n) is 3.79. The summed E-state index contributed by atoms with van der Waals surface area (Å²) in [6, 6.07) is 5.71. The zero-order valence-electron chi connectivity index (χ0n) is 17.3. The Bertz CT molecular complexity index is 783. The monoisotopic (exact) mass is 415 g/mol. The number of morpholine rings is 1. The molecule has 0 aliphatic carbocycles. The van der Waals surface area contributed by atoms with Crippen LogP contribution in [0.25, 0.3) is 6.08 Å². The average molecular weight is 415 g/mol. The normalized spacial score (nSPS) is 20.3. The summed E-state index contributed by atoms with van der Waals surface area (Å²) in [6.45, 7) is 6.94. The van der Waals surface area contributed by atoms with Crippen LogP contribution in [0.2, 0.25) is 0 Å². The van der Waals surface area contributed by atoms with E-state index in [0.717, 1.165) is 23.5 Å². The van der Waals surface area contributed by atoms with Crippen molar-refractivity contribution in [3.8, 4) is 11.5 Å². The zero-order valence-corrected chi connectivity index (χ0v) is 17.3. The highest BCUT2D eigenvalue weighted by Crippen LogP contribution is 2.30. The minimum atomic E-state index is -0.0127. The van der Waals surface area contributed by atoms with Crippen LogP contribution in [0.1, 0.15) is 12.0 Å². The highest BCUT2D eigenvalue weighted by atomic mass is 16.5. The second-order valence-corrected chi connectivity index (χ2v) is 7.68. The number of hydrogen-bond acceptors (Lipinski definition) is 6. The molecule has 0 radical (unpaired) electrons. The Morgan fingerprint density at radius 1 is 0.867 bits per heavy atom. The van der Waals surface area contributed by atoms with Gasteiger partial charge in [0.25, 0.3) is 0 Å². The molecular weight excluding hydrogens is 386 g/mol. The van der Waals surface area contributed by atoms with Gasteiger partial charge in [-0.05, 0) is 23.8 Å². The van der Waals surface area contributed by atoms with Crippen molar-refractivity contribution < 1.29 is 23.8 Å². The second kappa shape index (κ2) is 9.95. The van der Waals surface area contributed by atoms with Gasteiger partial charge in [0.1, 0.15) is 0 Å². The number of carbonyl (C=O) groups excluding carboxylic acids is 2. The van der Waals surface area contributed by atoms with E-state index in [2.05, 4.69) is 4.90 Å². The number of ether oxygens (including phenoxy) is 3. The maximum absolute atomic E-state index is 12.6. The summed E-state index contributed by atoms with van der Waals surface area (Å²) in [5.74, 6) is 1.60. The summed E-state index contributed by atoms with van der Waals surface area (Å²) in [5.41, 5.74) is 0.905. The van der Waals surface area contributed by atoms with Crippen molar-refractivity contribution in [1.82, 2.24) is 14.7 Å². The van der Waals surface area contributed by atoms with E-state index in [4.69, 9.17) is 14.2 Å². The van der Waals surface area contributed by atoms with Crippen LogP contribution in [0.3, 0.4) is 0 Å². The minimum Gasteiger partial charge on any atom is -0.490 e. The molecule has 1 aromatic carbocycles. The second-order valence-electron chi connectivity index (χ2n) is 7.68. The number of piperazine rings is 1. The van der Waals surface area contributed by atoms with Crippen molar-refractivity contribution in [3.63, 3.8) is 0 Å². The number of hydrogen-bond donors (Lipinski definition) is 0. The molecule has 162 valence electrons. The highest BCUT2D eigenvalue weighted by Gasteiger charge is 2.24. The molecule has 3 aliphatic heterocycles. The number of rotatable bonds is 4. The summed E-state index contributed by atoms with van der Waals surface area (Å²) >= 11 is 0. The van der Waals surface area contributed by atoms with Gasteiger partial charge in [-0.2, -0.15) is 0 Å². The van der Waals surface area contributed by atoms with E-state index >= 15 is 0 Å². The summed E-state index contributed by atoms with van der Waals surface area (Å²) in [6.07, 6.45) is 4.28. The molecule has 3 aliphatic rings. The van der Waals surface area contributed by atoms with Crippen molar-refractivity contribution in [2.75, 3.05) is 72.2 Å². The van der Waals surface area contributed by atoms with Crippen molar-refractivity contribution in [1.29, 1.82) is 0 Å². The van der Waals surface area contributed by atoms with Crippen LogP contribution in [-0.4, -0.2) is 98.8 Å². The molecule has 2 saturated heterocycles. The van der Waals surface area contributed by atoms with Crippen LogP contribution in [-0.2, 0) is 14.3 Å². The van der Waals surface area contributed by atoms with E-state index in [1.165, 1.54) is 0 Å². The quantitative estimate of drug-likeness (QED) is 0.680. The molecule has 2 fully saturated rings. The molecule has 0 N–H and O–H groups in total. The van der Waals surface area contributed by atoms with Crippen molar-refractivity contribution >= 4 is 17.9 Å². The van der Waals surface area contributed by atoms with E-state index in [-0.39, 0.29) is 11.8 Å². The van der Waals surface area contributed by atoms with Gasteiger partial charge in [-0.25, -0.2) is 0 Å². The molecule has 0 bridgehead atoms. The standard InChI is InChI=1S/C22H29N3O5/c26-21(5-3-18-2-4-19-20(16-18)30-13-1-12-29-19)24-8-6-23(7-9-24)17-22(27)25-10-14-28-15-11-25/h2-5,16H,1,6-15,17H2/b5-3+. The predicted octanol–water partition coefficient (Wildman–Crippen LogP) is 0.864. The summed E-state index contributed by atoms with van der Waals surface area (Å²) < 4.78 is 16.6. The Hall–Kier alpha value is -2.58. The largest absolute Gasteiger partial charge is 0.490 e. The van der Waals surface area contributed by atoms with E-state index in [9.17, 15) is 9.59 Å². The van der Waals surface area contributed by atoms with Crippen molar-refractivity contribution in [3.05, 3.63) is 29.8 Å². The topological polar surface area (TPSA) is 71.6 Å². The molecule has 2 amide bonds. The number of nitrogens with zero attached hydrogens (tertiary/aromatic N) is 3. The van der Waals surface area contributed by atoms with Gasteiger partial charge in [0.2, 0.25) is 11.8 Å². The maximum atomic E-state index is 12.6. The van der Waals surface area contributed by atoms with Crippen LogP contribution in [0.15, 0.2) is 24.3 Å². The molecule has 0 aromatic heterocycles. The first kappa shape index (κ1) is 20.7. The van der Waals surface area contributed by atoms with Crippen molar-refractivity contribution in [2.24, 2.45) is 0 Å². The number of fused-ring (bicyclic) bond motifs is 1. The van der Waals surface area contributed by atoms with Gasteiger partial charge in [0, 0.05) is 51.8 Å². The molecule has 30 heavy (non-hydrogen) atoms. The third-order valence-electron chi connectivity index (χ3n) is 5.60. The van der Waals surface area contributed by atoms with E-state index in [1.807, 2.05) is 34.1 Å². The molecule has 8 heteroatoms. The van der Waals surface area contributed by atoms with E-state index in [0.29, 0.717) is 72.2 Å². The van der Waals surface area contributed by atoms with Gasteiger partial charge < -0.3 is 24.0 Å². The van der Waals surface area contributed by atoms with Gasteiger partial charge in [0.15, 0.2) is 11.5 Å². The Morgan fingerprint density at radius 3 is 2.37 bits per heavy atom. The predicted molar refractivity (Wildman–Crippen MR) is 112 cm³/mol. The molecular formula is C22H29N3O5. The Kier molecular flexibility index (Phi) is 6.86. The van der Waals surface area contributed by atoms with Gasteiger partial charge in [-0.1, -0.05) is 6.07 Å². The lowest BCUT2D eigenvalue weighted by Gasteiger charge is -2.35.